The van der Waals surface area contributed by atoms with E-state index in [1.54, 1.807) is 7.11 Å². The number of aliphatic imine (C=N–C) groups is 1. The SMILES string of the molecule is COCCC1(CN=C(N)NC2CCCCCC2)CC1. The summed E-state index contributed by atoms with van der Waals surface area (Å²) in [5, 5.41) is 3.41. The molecule has 2 saturated carbocycles. The van der Waals surface area contributed by atoms with E-state index in [0.29, 0.717) is 17.4 Å². The molecule has 0 aromatic carbocycles. The third-order valence-corrected chi connectivity index (χ3v) is 4.59. The molecule has 2 aliphatic rings. The van der Waals surface area contributed by atoms with Gasteiger partial charge in [0, 0.05) is 26.3 Å². The van der Waals surface area contributed by atoms with E-state index in [1.807, 2.05) is 0 Å². The Balaban J connectivity index is 1.72. The zero-order valence-corrected chi connectivity index (χ0v) is 12.3. The summed E-state index contributed by atoms with van der Waals surface area (Å²) in [6.07, 6.45) is 11.5. The number of methoxy groups -OCH3 is 1. The number of nitrogens with two attached hydrogens (primary N) is 1. The fourth-order valence-electron chi connectivity index (χ4n) is 2.91. The maximum absolute atomic E-state index is 6.03. The molecule has 110 valence electrons. The summed E-state index contributed by atoms with van der Waals surface area (Å²) in [4.78, 5) is 4.56. The minimum atomic E-state index is 0.395. The van der Waals surface area contributed by atoms with Crippen LogP contribution in [0, 0.1) is 5.41 Å². The van der Waals surface area contributed by atoms with Crippen molar-refractivity contribution in [2.75, 3.05) is 20.3 Å². The van der Waals surface area contributed by atoms with Gasteiger partial charge in [-0.15, -0.1) is 0 Å². The van der Waals surface area contributed by atoms with Crippen molar-refractivity contribution >= 4 is 5.96 Å². The highest BCUT2D eigenvalue weighted by atomic mass is 16.5. The first-order chi connectivity index (χ1) is 9.24. The molecule has 0 aliphatic heterocycles. The van der Waals surface area contributed by atoms with Gasteiger partial charge >= 0.3 is 0 Å². The Hall–Kier alpha value is -0.770. The fraction of sp³-hybridized carbons (Fsp3) is 0.933. The average Bonchev–Trinajstić information content (AvgIpc) is 3.20. The normalized spacial score (nSPS) is 23.9. The molecule has 3 N–H and O–H groups in total. The zero-order chi connectivity index (χ0) is 13.6. The third kappa shape index (κ3) is 5.01. The van der Waals surface area contributed by atoms with Gasteiger partial charge in [0.05, 0.1) is 0 Å². The van der Waals surface area contributed by atoms with E-state index in [1.165, 1.54) is 51.4 Å². The first-order valence-corrected chi connectivity index (χ1v) is 7.79. The van der Waals surface area contributed by atoms with Crippen LogP contribution >= 0.6 is 0 Å². The molecule has 0 amide bonds. The van der Waals surface area contributed by atoms with Crippen molar-refractivity contribution in [3.63, 3.8) is 0 Å². The van der Waals surface area contributed by atoms with Gasteiger partial charge in [0.25, 0.3) is 0 Å². The summed E-state index contributed by atoms with van der Waals surface area (Å²) in [6, 6.07) is 0.542. The van der Waals surface area contributed by atoms with Gasteiger partial charge in [-0.05, 0) is 37.5 Å². The fourth-order valence-corrected chi connectivity index (χ4v) is 2.91. The second kappa shape index (κ2) is 7.13. The first-order valence-electron chi connectivity index (χ1n) is 7.79. The zero-order valence-electron chi connectivity index (χ0n) is 12.3. The van der Waals surface area contributed by atoms with Gasteiger partial charge in [-0.2, -0.15) is 0 Å². The molecule has 0 radical (unpaired) electrons. The van der Waals surface area contributed by atoms with E-state index in [9.17, 15) is 0 Å². The van der Waals surface area contributed by atoms with Crippen LogP contribution in [0.4, 0.5) is 0 Å². The highest BCUT2D eigenvalue weighted by Gasteiger charge is 2.41. The molecule has 4 heteroatoms. The van der Waals surface area contributed by atoms with Gasteiger partial charge in [0.15, 0.2) is 5.96 Å². The van der Waals surface area contributed by atoms with Crippen LogP contribution in [0.2, 0.25) is 0 Å². The molecule has 0 heterocycles. The topological polar surface area (TPSA) is 59.6 Å². The van der Waals surface area contributed by atoms with E-state index < -0.39 is 0 Å². The van der Waals surface area contributed by atoms with Crippen molar-refractivity contribution in [1.29, 1.82) is 0 Å². The Kier molecular flexibility index (Phi) is 5.49. The van der Waals surface area contributed by atoms with Crippen LogP contribution in [0.25, 0.3) is 0 Å². The lowest BCUT2D eigenvalue weighted by atomic mass is 10.0. The van der Waals surface area contributed by atoms with Crippen molar-refractivity contribution in [2.24, 2.45) is 16.1 Å². The summed E-state index contributed by atoms with van der Waals surface area (Å²) >= 11 is 0. The van der Waals surface area contributed by atoms with Crippen molar-refractivity contribution in [3.05, 3.63) is 0 Å². The number of ether oxygens (including phenoxy) is 1. The summed E-state index contributed by atoms with van der Waals surface area (Å²) in [5.74, 6) is 0.649. The lowest BCUT2D eigenvalue weighted by Gasteiger charge is -2.18. The Labute approximate surface area is 117 Å². The minimum absolute atomic E-state index is 0.395. The molecule has 0 aromatic heterocycles. The Morgan fingerprint density at radius 2 is 1.95 bits per heavy atom. The van der Waals surface area contributed by atoms with Gasteiger partial charge in [0.1, 0.15) is 0 Å². The molecule has 0 atom stereocenters. The van der Waals surface area contributed by atoms with Gasteiger partial charge in [-0.3, -0.25) is 4.99 Å². The molecule has 19 heavy (non-hydrogen) atoms. The quantitative estimate of drug-likeness (QED) is 0.441. The van der Waals surface area contributed by atoms with E-state index in [4.69, 9.17) is 10.5 Å². The highest BCUT2D eigenvalue weighted by Crippen LogP contribution is 2.48. The molecular weight excluding hydrogens is 238 g/mol. The summed E-state index contributed by atoms with van der Waals surface area (Å²) in [7, 11) is 1.77. The van der Waals surface area contributed by atoms with Crippen molar-refractivity contribution in [1.82, 2.24) is 5.32 Å². The smallest absolute Gasteiger partial charge is 0.188 e. The van der Waals surface area contributed by atoms with E-state index >= 15 is 0 Å². The lowest BCUT2D eigenvalue weighted by Crippen LogP contribution is -2.40. The standard InChI is InChI=1S/C15H29N3O/c1-19-11-10-15(8-9-15)12-17-14(16)18-13-6-4-2-3-5-7-13/h13H,2-12H2,1H3,(H3,16,17,18). The van der Waals surface area contributed by atoms with Gasteiger partial charge < -0.3 is 15.8 Å². The maximum Gasteiger partial charge on any atom is 0.188 e. The molecule has 2 aliphatic carbocycles. The number of rotatable bonds is 6. The molecule has 2 fully saturated rings. The Morgan fingerprint density at radius 3 is 2.53 bits per heavy atom. The first kappa shape index (κ1) is 14.6. The van der Waals surface area contributed by atoms with E-state index in [0.717, 1.165) is 19.6 Å². The molecular formula is C15H29N3O. The third-order valence-electron chi connectivity index (χ3n) is 4.59. The Morgan fingerprint density at radius 1 is 1.26 bits per heavy atom. The molecule has 0 bridgehead atoms. The number of nitrogens with zero attached hydrogens (tertiary/aromatic N) is 1. The molecule has 0 spiro atoms. The second-order valence-electron chi connectivity index (χ2n) is 6.28. The predicted octanol–water partition coefficient (Wildman–Crippen LogP) is 2.43. The van der Waals surface area contributed by atoms with Crippen LogP contribution < -0.4 is 11.1 Å². The Bertz CT molecular complexity index is 292. The summed E-state index contributed by atoms with van der Waals surface area (Å²) < 4.78 is 5.16. The van der Waals surface area contributed by atoms with Crippen LogP contribution in [0.1, 0.15) is 57.8 Å². The molecule has 0 aromatic rings. The van der Waals surface area contributed by atoms with Crippen molar-refractivity contribution < 1.29 is 4.74 Å². The minimum Gasteiger partial charge on any atom is -0.385 e. The van der Waals surface area contributed by atoms with Crippen LogP contribution in [0.15, 0.2) is 4.99 Å². The van der Waals surface area contributed by atoms with Gasteiger partial charge in [-0.1, -0.05) is 25.7 Å². The average molecular weight is 267 g/mol. The number of hydrogen-bond donors (Lipinski definition) is 2. The second-order valence-corrected chi connectivity index (χ2v) is 6.28. The van der Waals surface area contributed by atoms with Crippen LogP contribution in [0.5, 0.6) is 0 Å². The summed E-state index contributed by atoms with van der Waals surface area (Å²) in [6.45, 7) is 1.70. The lowest BCUT2D eigenvalue weighted by molar-refractivity contribution is 0.174. The van der Waals surface area contributed by atoms with Crippen LogP contribution in [-0.2, 0) is 4.74 Å². The molecule has 2 rings (SSSR count). The van der Waals surface area contributed by atoms with Gasteiger partial charge in [0.2, 0.25) is 0 Å². The number of nitrogens with one attached hydrogen (secondary N) is 1. The van der Waals surface area contributed by atoms with Crippen molar-refractivity contribution in [3.8, 4) is 0 Å². The molecule has 4 nitrogen and oxygen atoms in total. The van der Waals surface area contributed by atoms with Crippen LogP contribution in [-0.4, -0.2) is 32.3 Å². The van der Waals surface area contributed by atoms with Gasteiger partial charge in [-0.25, -0.2) is 0 Å². The number of guanidine groups is 1. The molecule has 0 saturated heterocycles. The van der Waals surface area contributed by atoms with E-state index in [2.05, 4.69) is 10.3 Å². The predicted molar refractivity (Wildman–Crippen MR) is 79.3 cm³/mol. The molecule has 0 unspecified atom stereocenters. The maximum atomic E-state index is 6.03. The van der Waals surface area contributed by atoms with Crippen molar-refractivity contribution in [2.45, 2.75) is 63.8 Å². The number of hydrogen-bond acceptors (Lipinski definition) is 2. The monoisotopic (exact) mass is 267 g/mol. The van der Waals surface area contributed by atoms with Crippen LogP contribution in [0.3, 0.4) is 0 Å². The highest BCUT2D eigenvalue weighted by molar-refractivity contribution is 5.78. The summed E-state index contributed by atoms with van der Waals surface area (Å²) in [5.41, 5.74) is 6.42. The largest absolute Gasteiger partial charge is 0.385 e. The van der Waals surface area contributed by atoms with E-state index in [-0.39, 0.29) is 0 Å².